The molecule has 0 aromatic carbocycles. The topological polar surface area (TPSA) is 57.2 Å². The van der Waals surface area contributed by atoms with Gasteiger partial charge in [-0.25, -0.2) is 0 Å². The van der Waals surface area contributed by atoms with Gasteiger partial charge in [0.1, 0.15) is 11.7 Å². The molecule has 188 valence electrons. The van der Waals surface area contributed by atoms with Crippen LogP contribution in [0, 0.1) is 29.6 Å². The summed E-state index contributed by atoms with van der Waals surface area (Å²) in [6.07, 6.45) is 9.26. The predicted octanol–water partition coefficient (Wildman–Crippen LogP) is 5.27. The summed E-state index contributed by atoms with van der Waals surface area (Å²) in [5.74, 6) is 7.15. The molecule has 1 aliphatic heterocycles. The molecule has 0 bridgehead atoms. The molecule has 0 aromatic rings. The Labute approximate surface area is 202 Å². The number of aliphatic hydroxyl groups excluding tert-OH is 1. The zero-order valence-corrected chi connectivity index (χ0v) is 22.7. The zero-order chi connectivity index (χ0) is 23.9. The number of methoxy groups -OCH3 is 1. The minimum absolute atomic E-state index is 0.0620. The summed E-state index contributed by atoms with van der Waals surface area (Å²) >= 11 is 0. The second-order valence-corrected chi connectivity index (χ2v) is 17.1. The number of hydrogen-bond donors (Lipinski definition) is 1. The Morgan fingerprint density at radius 1 is 1.09 bits per heavy atom. The van der Waals surface area contributed by atoms with Crippen molar-refractivity contribution < 1.29 is 23.7 Å². The van der Waals surface area contributed by atoms with Gasteiger partial charge in [0.2, 0.25) is 0 Å². The Morgan fingerprint density at radius 2 is 1.76 bits per heavy atom. The second kappa shape index (κ2) is 9.56. The maximum Gasteiger partial charge on any atom is 0.198 e. The number of fused-ring (bicyclic) bond motifs is 2. The van der Waals surface area contributed by atoms with Crippen LogP contribution in [0.15, 0.2) is 0 Å². The van der Waals surface area contributed by atoms with E-state index in [0.29, 0.717) is 25.6 Å². The van der Waals surface area contributed by atoms with Crippen LogP contribution in [0.25, 0.3) is 0 Å². The van der Waals surface area contributed by atoms with E-state index in [-0.39, 0.29) is 23.0 Å². The van der Waals surface area contributed by atoms with Crippen LogP contribution < -0.4 is 0 Å². The maximum atomic E-state index is 11.0. The standard InChI is InChI=1S/C27H46O5Si/c1-25(2,3)33(5,6)32-21(18-20-10-8-7-9-11-20)12-13-22-23-19-27(30-16-17-31-27)26(23,29-4)15-14-24(22)28/h20-24,28H,7-11,14-19H2,1-6H3/t21-,22+,23+,24+,26+/m1/s1. The first-order valence-corrected chi connectivity index (χ1v) is 16.1. The fraction of sp³-hybridized carbons (Fsp3) is 0.926. The molecule has 1 spiro atoms. The van der Waals surface area contributed by atoms with Crippen LogP contribution in [0.2, 0.25) is 18.1 Å². The first-order valence-electron chi connectivity index (χ1n) is 13.2. The largest absolute Gasteiger partial charge is 0.403 e. The molecule has 4 fully saturated rings. The highest BCUT2D eigenvalue weighted by molar-refractivity contribution is 6.74. The van der Waals surface area contributed by atoms with Gasteiger partial charge in [0.15, 0.2) is 14.1 Å². The van der Waals surface area contributed by atoms with E-state index < -0.39 is 25.8 Å². The van der Waals surface area contributed by atoms with E-state index in [9.17, 15) is 5.11 Å². The third kappa shape index (κ3) is 4.71. The molecule has 6 heteroatoms. The van der Waals surface area contributed by atoms with Crippen molar-refractivity contribution in [2.75, 3.05) is 20.3 Å². The van der Waals surface area contributed by atoms with Gasteiger partial charge in [0.25, 0.3) is 0 Å². The van der Waals surface area contributed by atoms with Crippen molar-refractivity contribution in [3.63, 3.8) is 0 Å². The molecule has 0 unspecified atom stereocenters. The number of rotatable bonds is 5. The molecule has 4 aliphatic rings. The molecular formula is C27H46O5Si. The summed E-state index contributed by atoms with van der Waals surface area (Å²) < 4.78 is 25.1. The van der Waals surface area contributed by atoms with Gasteiger partial charge in [0, 0.05) is 19.4 Å². The van der Waals surface area contributed by atoms with Crippen molar-refractivity contribution in [2.45, 2.75) is 120 Å². The lowest BCUT2D eigenvalue weighted by Gasteiger charge is -2.63. The third-order valence-corrected chi connectivity index (χ3v) is 13.9. The lowest BCUT2D eigenvalue weighted by Crippen LogP contribution is -2.74. The summed E-state index contributed by atoms with van der Waals surface area (Å²) in [6.45, 7) is 12.7. The lowest BCUT2D eigenvalue weighted by atomic mass is 9.52. The lowest BCUT2D eigenvalue weighted by molar-refractivity contribution is -0.381. The maximum absolute atomic E-state index is 11.0. The van der Waals surface area contributed by atoms with E-state index in [2.05, 4.69) is 45.7 Å². The fourth-order valence-corrected chi connectivity index (χ4v) is 7.61. The number of aliphatic hydroxyl groups is 1. The molecule has 1 N–H and O–H groups in total. The summed E-state index contributed by atoms with van der Waals surface area (Å²) in [4.78, 5) is 0. The summed E-state index contributed by atoms with van der Waals surface area (Å²) in [6, 6.07) is 0. The van der Waals surface area contributed by atoms with Crippen LogP contribution in [0.4, 0.5) is 0 Å². The summed E-state index contributed by atoms with van der Waals surface area (Å²) in [5.41, 5.74) is -0.499. The Morgan fingerprint density at radius 3 is 2.36 bits per heavy atom. The summed E-state index contributed by atoms with van der Waals surface area (Å²) in [5, 5.41) is 11.1. The van der Waals surface area contributed by atoms with Gasteiger partial charge in [-0.15, -0.1) is 0 Å². The van der Waals surface area contributed by atoms with E-state index in [1.54, 1.807) is 7.11 Å². The van der Waals surface area contributed by atoms with Crippen molar-refractivity contribution >= 4 is 8.32 Å². The van der Waals surface area contributed by atoms with Crippen LogP contribution in [-0.2, 0) is 18.6 Å². The minimum atomic E-state index is -1.95. The van der Waals surface area contributed by atoms with Gasteiger partial charge in [-0.3, -0.25) is 0 Å². The smallest absolute Gasteiger partial charge is 0.198 e. The van der Waals surface area contributed by atoms with Crippen LogP contribution in [-0.4, -0.2) is 57.3 Å². The SMILES string of the molecule is CO[C@@]12CC[C@H](O)[C@@H](C#C[C@H](CC3CCCCC3)O[Si](C)(C)C(C)(C)C)[C@@H]1CC21OCCO1. The monoisotopic (exact) mass is 478 g/mol. The number of hydrogen-bond acceptors (Lipinski definition) is 5. The Bertz CT molecular complexity index is 738. The molecule has 0 radical (unpaired) electrons. The van der Waals surface area contributed by atoms with E-state index in [1.165, 1.54) is 32.1 Å². The fourth-order valence-electron chi connectivity index (χ4n) is 6.39. The van der Waals surface area contributed by atoms with Crippen molar-refractivity contribution in [3.05, 3.63) is 0 Å². The van der Waals surface area contributed by atoms with Gasteiger partial charge in [-0.05, 0) is 43.3 Å². The van der Waals surface area contributed by atoms with Crippen LogP contribution >= 0.6 is 0 Å². The summed E-state index contributed by atoms with van der Waals surface area (Å²) in [7, 11) is -0.193. The van der Waals surface area contributed by atoms with E-state index >= 15 is 0 Å². The van der Waals surface area contributed by atoms with Crippen molar-refractivity contribution in [1.82, 2.24) is 0 Å². The molecule has 1 saturated heterocycles. The molecule has 5 atom stereocenters. The molecule has 0 amide bonds. The third-order valence-electron chi connectivity index (χ3n) is 9.44. The minimum Gasteiger partial charge on any atom is -0.403 e. The highest BCUT2D eigenvalue weighted by atomic mass is 28.4. The Kier molecular flexibility index (Phi) is 7.43. The molecule has 3 saturated carbocycles. The highest BCUT2D eigenvalue weighted by Gasteiger charge is 2.73. The average Bonchev–Trinajstić information content (AvgIpc) is 3.25. The van der Waals surface area contributed by atoms with Gasteiger partial charge in [0.05, 0.1) is 25.2 Å². The quantitative estimate of drug-likeness (QED) is 0.431. The Balaban J connectivity index is 1.55. The first-order chi connectivity index (χ1) is 15.5. The normalized spacial score (nSPS) is 35.4. The second-order valence-electron chi connectivity index (χ2n) is 12.4. The molecule has 4 rings (SSSR count). The molecule has 3 aliphatic carbocycles. The molecular weight excluding hydrogens is 432 g/mol. The van der Waals surface area contributed by atoms with Crippen molar-refractivity contribution in [2.24, 2.45) is 17.8 Å². The van der Waals surface area contributed by atoms with E-state index in [4.69, 9.17) is 18.6 Å². The first kappa shape index (κ1) is 25.7. The zero-order valence-electron chi connectivity index (χ0n) is 21.7. The van der Waals surface area contributed by atoms with Crippen molar-refractivity contribution in [3.8, 4) is 11.8 Å². The average molecular weight is 479 g/mol. The van der Waals surface area contributed by atoms with Gasteiger partial charge in [-0.2, -0.15) is 0 Å². The van der Waals surface area contributed by atoms with Crippen LogP contribution in [0.1, 0.15) is 78.6 Å². The van der Waals surface area contributed by atoms with E-state index in [0.717, 1.165) is 19.3 Å². The number of ether oxygens (including phenoxy) is 3. The Hall–Kier alpha value is -0.423. The highest BCUT2D eigenvalue weighted by Crippen LogP contribution is 2.62. The molecule has 1 heterocycles. The molecule has 0 aromatic heterocycles. The van der Waals surface area contributed by atoms with Gasteiger partial charge in [-0.1, -0.05) is 64.7 Å². The van der Waals surface area contributed by atoms with E-state index in [1.807, 2.05) is 0 Å². The molecule has 5 nitrogen and oxygen atoms in total. The molecule has 33 heavy (non-hydrogen) atoms. The predicted molar refractivity (Wildman–Crippen MR) is 132 cm³/mol. The van der Waals surface area contributed by atoms with Gasteiger partial charge < -0.3 is 23.7 Å². The van der Waals surface area contributed by atoms with Crippen LogP contribution in [0.5, 0.6) is 0 Å². The van der Waals surface area contributed by atoms with Crippen molar-refractivity contribution in [1.29, 1.82) is 0 Å². The van der Waals surface area contributed by atoms with Gasteiger partial charge >= 0.3 is 0 Å². The van der Waals surface area contributed by atoms with Crippen LogP contribution in [0.3, 0.4) is 0 Å².